The van der Waals surface area contributed by atoms with Crippen molar-refractivity contribution in [1.82, 2.24) is 10.2 Å². The first-order chi connectivity index (χ1) is 8.31. The van der Waals surface area contributed by atoms with Crippen molar-refractivity contribution in [3.8, 4) is 0 Å². The Morgan fingerprint density at radius 2 is 1.88 bits per heavy atom. The quantitative estimate of drug-likeness (QED) is 0.770. The van der Waals surface area contributed by atoms with E-state index in [1.54, 1.807) is 0 Å². The van der Waals surface area contributed by atoms with E-state index < -0.39 is 0 Å². The first-order valence-corrected chi connectivity index (χ1v) is 7.34. The van der Waals surface area contributed by atoms with Gasteiger partial charge in [-0.3, -0.25) is 4.79 Å². The summed E-state index contributed by atoms with van der Waals surface area (Å²) < 4.78 is 0. The minimum atomic E-state index is 0.354. The summed E-state index contributed by atoms with van der Waals surface area (Å²) in [6.07, 6.45) is 9.67. The summed E-state index contributed by atoms with van der Waals surface area (Å²) in [6, 6.07) is 1.25. The molecule has 2 fully saturated rings. The maximum absolute atomic E-state index is 12.2. The van der Waals surface area contributed by atoms with Gasteiger partial charge in [0.2, 0.25) is 5.91 Å². The van der Waals surface area contributed by atoms with Gasteiger partial charge in [-0.2, -0.15) is 0 Å². The van der Waals surface area contributed by atoms with Crippen LogP contribution < -0.4 is 5.32 Å². The van der Waals surface area contributed by atoms with E-state index in [2.05, 4.69) is 17.1 Å². The molecule has 3 heteroatoms. The van der Waals surface area contributed by atoms with Gasteiger partial charge in [-0.1, -0.05) is 19.3 Å². The molecule has 0 heterocycles. The summed E-state index contributed by atoms with van der Waals surface area (Å²) in [5.41, 5.74) is 0. The van der Waals surface area contributed by atoms with Gasteiger partial charge in [0, 0.05) is 31.6 Å². The van der Waals surface area contributed by atoms with Crippen LogP contribution in [0.15, 0.2) is 0 Å². The molecule has 2 rings (SSSR count). The standard InChI is InChI=1S/C14H26N2O/c1-2-16(13-6-4-3-5-7-13)14(17)10-11-15-12-8-9-12/h12-13,15H,2-11H2,1H3. The molecule has 98 valence electrons. The number of carbonyl (C=O) groups excluding carboxylic acids is 1. The van der Waals surface area contributed by atoms with Crippen LogP contribution in [0.1, 0.15) is 58.3 Å². The van der Waals surface area contributed by atoms with Crippen molar-refractivity contribution >= 4 is 5.91 Å². The molecule has 1 N–H and O–H groups in total. The van der Waals surface area contributed by atoms with Crippen molar-refractivity contribution in [3.63, 3.8) is 0 Å². The van der Waals surface area contributed by atoms with Gasteiger partial charge in [0.15, 0.2) is 0 Å². The van der Waals surface area contributed by atoms with Crippen LogP contribution in [0.2, 0.25) is 0 Å². The van der Waals surface area contributed by atoms with Gasteiger partial charge in [0.05, 0.1) is 0 Å². The highest BCUT2D eigenvalue weighted by Gasteiger charge is 2.24. The van der Waals surface area contributed by atoms with Gasteiger partial charge in [0.25, 0.3) is 0 Å². The van der Waals surface area contributed by atoms with E-state index in [1.165, 1.54) is 44.9 Å². The second-order valence-electron chi connectivity index (χ2n) is 5.45. The highest BCUT2D eigenvalue weighted by molar-refractivity contribution is 5.76. The Kier molecular flexibility index (Phi) is 4.84. The highest BCUT2D eigenvalue weighted by atomic mass is 16.2. The smallest absolute Gasteiger partial charge is 0.224 e. The average molecular weight is 238 g/mol. The molecule has 0 aliphatic heterocycles. The Hall–Kier alpha value is -0.570. The fourth-order valence-corrected chi connectivity index (χ4v) is 2.85. The molecule has 0 spiro atoms. The van der Waals surface area contributed by atoms with Gasteiger partial charge in [-0.25, -0.2) is 0 Å². The summed E-state index contributed by atoms with van der Waals surface area (Å²) in [7, 11) is 0. The molecule has 0 unspecified atom stereocenters. The van der Waals surface area contributed by atoms with Gasteiger partial charge < -0.3 is 10.2 Å². The number of rotatable bonds is 6. The second-order valence-corrected chi connectivity index (χ2v) is 5.45. The Morgan fingerprint density at radius 3 is 2.47 bits per heavy atom. The Bertz CT molecular complexity index is 245. The third-order valence-electron chi connectivity index (χ3n) is 4.03. The van der Waals surface area contributed by atoms with E-state index in [9.17, 15) is 4.79 Å². The fraction of sp³-hybridized carbons (Fsp3) is 0.929. The zero-order chi connectivity index (χ0) is 12.1. The van der Waals surface area contributed by atoms with Crippen LogP contribution in [0.25, 0.3) is 0 Å². The molecule has 0 saturated heterocycles. The van der Waals surface area contributed by atoms with E-state index in [-0.39, 0.29) is 0 Å². The largest absolute Gasteiger partial charge is 0.340 e. The molecule has 3 nitrogen and oxygen atoms in total. The molecule has 2 aliphatic carbocycles. The van der Waals surface area contributed by atoms with E-state index in [0.717, 1.165) is 13.1 Å². The molecular weight excluding hydrogens is 212 g/mol. The zero-order valence-electron chi connectivity index (χ0n) is 11.1. The Morgan fingerprint density at radius 1 is 1.18 bits per heavy atom. The topological polar surface area (TPSA) is 32.3 Å². The van der Waals surface area contributed by atoms with Crippen molar-refractivity contribution in [2.24, 2.45) is 0 Å². The number of hydrogen-bond donors (Lipinski definition) is 1. The van der Waals surface area contributed by atoms with E-state index in [0.29, 0.717) is 24.4 Å². The van der Waals surface area contributed by atoms with Crippen LogP contribution in [-0.2, 0) is 4.79 Å². The lowest BCUT2D eigenvalue weighted by Crippen LogP contribution is -2.42. The number of nitrogens with one attached hydrogen (secondary N) is 1. The van der Waals surface area contributed by atoms with Crippen LogP contribution in [0, 0.1) is 0 Å². The molecule has 1 amide bonds. The molecule has 2 saturated carbocycles. The van der Waals surface area contributed by atoms with Crippen LogP contribution in [0.4, 0.5) is 0 Å². The molecule has 0 bridgehead atoms. The molecule has 0 aromatic rings. The molecule has 0 atom stereocenters. The molecule has 17 heavy (non-hydrogen) atoms. The predicted molar refractivity (Wildman–Crippen MR) is 69.9 cm³/mol. The minimum Gasteiger partial charge on any atom is -0.340 e. The van der Waals surface area contributed by atoms with Crippen molar-refractivity contribution in [1.29, 1.82) is 0 Å². The van der Waals surface area contributed by atoms with Gasteiger partial charge in [0.1, 0.15) is 0 Å². The second kappa shape index (κ2) is 6.39. The summed E-state index contributed by atoms with van der Waals surface area (Å²) in [6.45, 7) is 3.86. The van der Waals surface area contributed by atoms with Gasteiger partial charge in [-0.15, -0.1) is 0 Å². The first-order valence-electron chi connectivity index (χ1n) is 7.34. The minimum absolute atomic E-state index is 0.354. The Labute approximate surface area is 105 Å². The SMILES string of the molecule is CCN(C(=O)CCNC1CC1)C1CCCCC1. The van der Waals surface area contributed by atoms with Crippen molar-refractivity contribution in [2.75, 3.05) is 13.1 Å². The van der Waals surface area contributed by atoms with Gasteiger partial charge >= 0.3 is 0 Å². The maximum Gasteiger partial charge on any atom is 0.224 e. The van der Waals surface area contributed by atoms with Crippen molar-refractivity contribution in [3.05, 3.63) is 0 Å². The number of nitrogens with zero attached hydrogens (tertiary/aromatic N) is 1. The number of carbonyl (C=O) groups is 1. The number of amides is 1. The van der Waals surface area contributed by atoms with Crippen LogP contribution >= 0.6 is 0 Å². The summed E-state index contributed by atoms with van der Waals surface area (Å²) in [4.78, 5) is 14.3. The third-order valence-corrected chi connectivity index (χ3v) is 4.03. The molecule has 2 aliphatic rings. The normalized spacial score (nSPS) is 21.5. The van der Waals surface area contributed by atoms with Crippen LogP contribution in [-0.4, -0.2) is 36.0 Å². The lowest BCUT2D eigenvalue weighted by molar-refractivity contribution is -0.133. The van der Waals surface area contributed by atoms with Crippen molar-refractivity contribution in [2.45, 2.75) is 70.4 Å². The van der Waals surface area contributed by atoms with E-state index >= 15 is 0 Å². The summed E-state index contributed by atoms with van der Waals surface area (Å²) in [5.74, 6) is 0.354. The first kappa shape index (κ1) is 12.9. The summed E-state index contributed by atoms with van der Waals surface area (Å²) in [5, 5.41) is 3.42. The predicted octanol–water partition coefficient (Wildman–Crippen LogP) is 2.31. The van der Waals surface area contributed by atoms with Crippen molar-refractivity contribution < 1.29 is 4.79 Å². The van der Waals surface area contributed by atoms with E-state index in [4.69, 9.17) is 0 Å². The Balaban J connectivity index is 1.72. The highest BCUT2D eigenvalue weighted by Crippen LogP contribution is 2.23. The molecule has 0 aromatic heterocycles. The average Bonchev–Trinajstić information content (AvgIpc) is 3.15. The maximum atomic E-state index is 12.2. The molecular formula is C14H26N2O. The molecule has 0 aromatic carbocycles. The van der Waals surface area contributed by atoms with Crippen LogP contribution in [0.5, 0.6) is 0 Å². The zero-order valence-corrected chi connectivity index (χ0v) is 11.1. The number of hydrogen-bond acceptors (Lipinski definition) is 2. The lowest BCUT2D eigenvalue weighted by Gasteiger charge is -2.33. The molecule has 0 radical (unpaired) electrons. The lowest BCUT2D eigenvalue weighted by atomic mass is 9.94. The van der Waals surface area contributed by atoms with E-state index in [1.807, 2.05) is 0 Å². The fourth-order valence-electron chi connectivity index (χ4n) is 2.85. The monoisotopic (exact) mass is 238 g/mol. The third kappa shape index (κ3) is 3.98. The summed E-state index contributed by atoms with van der Waals surface area (Å²) >= 11 is 0. The van der Waals surface area contributed by atoms with Gasteiger partial charge in [-0.05, 0) is 32.6 Å². The van der Waals surface area contributed by atoms with Crippen LogP contribution in [0.3, 0.4) is 0 Å².